The Hall–Kier alpha value is -1.07. The number of benzene rings is 1. The van der Waals surface area contributed by atoms with Gasteiger partial charge in [-0.25, -0.2) is 0 Å². The van der Waals surface area contributed by atoms with E-state index in [0.717, 1.165) is 50.0 Å². The summed E-state index contributed by atoms with van der Waals surface area (Å²) in [7, 11) is 0. The number of halogens is 3. The van der Waals surface area contributed by atoms with Crippen LogP contribution in [0.2, 0.25) is 0 Å². The van der Waals surface area contributed by atoms with Crippen LogP contribution in [-0.2, 0) is 12.7 Å². The lowest BCUT2D eigenvalue weighted by Crippen LogP contribution is -2.40. The molecule has 0 saturated carbocycles. The number of rotatable bonds is 3. The van der Waals surface area contributed by atoms with Crippen molar-refractivity contribution in [1.29, 1.82) is 0 Å². The molecular weight excluding hydrogens is 289 g/mol. The molecule has 1 unspecified atom stereocenters. The molecule has 0 radical (unpaired) electrons. The highest BCUT2D eigenvalue weighted by atomic mass is 19.4. The van der Waals surface area contributed by atoms with Crippen LogP contribution in [0, 0.1) is 5.92 Å². The van der Waals surface area contributed by atoms with Crippen LogP contribution in [0.3, 0.4) is 0 Å². The van der Waals surface area contributed by atoms with Crippen molar-refractivity contribution in [2.75, 3.05) is 19.6 Å². The molecule has 1 aromatic carbocycles. The second-order valence-electron chi connectivity index (χ2n) is 6.51. The monoisotopic (exact) mass is 312 g/mol. The molecule has 0 spiro atoms. The Balaban J connectivity index is 1.54. The fraction of sp³-hybridized carbons (Fsp3) is 0.647. The average Bonchev–Trinajstić information content (AvgIpc) is 3.02. The van der Waals surface area contributed by atoms with Crippen molar-refractivity contribution in [2.45, 2.75) is 44.4 Å². The fourth-order valence-electron chi connectivity index (χ4n) is 3.73. The maximum Gasteiger partial charge on any atom is 0.416 e. The lowest BCUT2D eigenvalue weighted by atomic mass is 9.88. The van der Waals surface area contributed by atoms with Gasteiger partial charge in [-0.05, 0) is 62.9 Å². The summed E-state index contributed by atoms with van der Waals surface area (Å²) < 4.78 is 38.2. The van der Waals surface area contributed by atoms with Crippen molar-refractivity contribution in [1.82, 2.24) is 10.2 Å². The summed E-state index contributed by atoms with van der Waals surface area (Å²) in [5, 5.41) is 3.57. The molecule has 22 heavy (non-hydrogen) atoms. The Kier molecular flexibility index (Phi) is 4.73. The van der Waals surface area contributed by atoms with E-state index < -0.39 is 11.7 Å². The molecule has 2 nitrogen and oxygen atoms in total. The molecule has 2 fully saturated rings. The second-order valence-corrected chi connectivity index (χ2v) is 6.51. The summed E-state index contributed by atoms with van der Waals surface area (Å²) in [4.78, 5) is 2.28. The van der Waals surface area contributed by atoms with Crippen LogP contribution in [0.5, 0.6) is 0 Å². The smallest absolute Gasteiger partial charge is 0.314 e. The summed E-state index contributed by atoms with van der Waals surface area (Å²) in [6.45, 7) is 3.72. The fourth-order valence-corrected chi connectivity index (χ4v) is 3.73. The van der Waals surface area contributed by atoms with Crippen LogP contribution >= 0.6 is 0 Å². The normalized spacial score (nSPS) is 24.8. The van der Waals surface area contributed by atoms with Crippen LogP contribution in [0.4, 0.5) is 13.2 Å². The first-order valence-electron chi connectivity index (χ1n) is 8.14. The van der Waals surface area contributed by atoms with E-state index >= 15 is 0 Å². The molecule has 2 aliphatic rings. The van der Waals surface area contributed by atoms with Crippen molar-refractivity contribution in [2.24, 2.45) is 5.92 Å². The van der Waals surface area contributed by atoms with Crippen LogP contribution in [-0.4, -0.2) is 30.6 Å². The number of piperidine rings is 1. The Morgan fingerprint density at radius 3 is 2.55 bits per heavy atom. The zero-order valence-corrected chi connectivity index (χ0v) is 12.7. The number of nitrogens with zero attached hydrogens (tertiary/aromatic N) is 1. The van der Waals surface area contributed by atoms with E-state index in [0.29, 0.717) is 12.6 Å². The molecule has 1 aromatic rings. The van der Waals surface area contributed by atoms with Gasteiger partial charge in [-0.15, -0.1) is 0 Å². The third-order valence-electron chi connectivity index (χ3n) is 4.96. The summed E-state index contributed by atoms with van der Waals surface area (Å²) in [6, 6.07) is 6.38. The Morgan fingerprint density at radius 1 is 1.14 bits per heavy atom. The van der Waals surface area contributed by atoms with Gasteiger partial charge in [0.05, 0.1) is 5.56 Å². The predicted octanol–water partition coefficient (Wildman–Crippen LogP) is 3.67. The maximum absolute atomic E-state index is 12.7. The van der Waals surface area contributed by atoms with Gasteiger partial charge in [0.15, 0.2) is 0 Å². The van der Waals surface area contributed by atoms with Crippen molar-refractivity contribution < 1.29 is 13.2 Å². The molecule has 122 valence electrons. The molecule has 0 bridgehead atoms. The van der Waals surface area contributed by atoms with Gasteiger partial charge in [0, 0.05) is 12.6 Å². The first kappa shape index (κ1) is 15.8. The van der Waals surface area contributed by atoms with Crippen LogP contribution in [0.15, 0.2) is 24.3 Å². The van der Waals surface area contributed by atoms with E-state index in [9.17, 15) is 13.2 Å². The van der Waals surface area contributed by atoms with E-state index in [-0.39, 0.29) is 0 Å². The van der Waals surface area contributed by atoms with Crippen molar-refractivity contribution in [3.8, 4) is 0 Å². The molecule has 3 rings (SSSR count). The minimum Gasteiger partial charge on any atom is -0.314 e. The highest BCUT2D eigenvalue weighted by molar-refractivity contribution is 5.25. The van der Waals surface area contributed by atoms with Gasteiger partial charge in [-0.2, -0.15) is 13.2 Å². The summed E-state index contributed by atoms with van der Waals surface area (Å²) in [5.41, 5.74) is 0.210. The second kappa shape index (κ2) is 6.59. The lowest BCUT2D eigenvalue weighted by molar-refractivity contribution is -0.137. The number of alkyl halides is 3. The van der Waals surface area contributed by atoms with E-state index in [2.05, 4.69) is 10.2 Å². The van der Waals surface area contributed by atoms with Gasteiger partial charge < -0.3 is 5.32 Å². The summed E-state index contributed by atoms with van der Waals surface area (Å²) in [6.07, 6.45) is 0.595. The third kappa shape index (κ3) is 3.82. The lowest BCUT2D eigenvalue weighted by Gasteiger charge is -2.35. The Labute approximate surface area is 129 Å². The molecule has 0 aliphatic carbocycles. The minimum absolute atomic E-state index is 0.546. The molecule has 1 atom stereocenters. The van der Waals surface area contributed by atoms with Crippen LogP contribution in [0.25, 0.3) is 0 Å². The van der Waals surface area contributed by atoms with Gasteiger partial charge in [0.1, 0.15) is 0 Å². The maximum atomic E-state index is 12.7. The molecule has 0 aromatic heterocycles. The van der Waals surface area contributed by atoms with Gasteiger partial charge in [0.25, 0.3) is 0 Å². The summed E-state index contributed by atoms with van der Waals surface area (Å²) >= 11 is 0. The summed E-state index contributed by atoms with van der Waals surface area (Å²) in [5.74, 6) is 0.736. The molecule has 1 N–H and O–H groups in total. The first-order valence-corrected chi connectivity index (χ1v) is 8.14. The molecule has 2 saturated heterocycles. The zero-order valence-electron chi connectivity index (χ0n) is 12.7. The van der Waals surface area contributed by atoms with E-state index in [1.807, 2.05) is 0 Å². The minimum atomic E-state index is -4.25. The van der Waals surface area contributed by atoms with Crippen molar-refractivity contribution in [3.05, 3.63) is 35.4 Å². The number of hydrogen-bond donors (Lipinski definition) is 1. The van der Waals surface area contributed by atoms with Crippen LogP contribution in [0.1, 0.15) is 36.8 Å². The zero-order chi connectivity index (χ0) is 15.6. The highest BCUT2D eigenvalue weighted by Crippen LogP contribution is 2.30. The Bertz CT molecular complexity index is 487. The van der Waals surface area contributed by atoms with Gasteiger partial charge in [-0.3, -0.25) is 4.90 Å². The van der Waals surface area contributed by atoms with Crippen molar-refractivity contribution in [3.63, 3.8) is 0 Å². The van der Waals surface area contributed by atoms with Gasteiger partial charge >= 0.3 is 6.18 Å². The topological polar surface area (TPSA) is 15.3 Å². The largest absolute Gasteiger partial charge is 0.416 e. The van der Waals surface area contributed by atoms with Crippen molar-refractivity contribution >= 4 is 0 Å². The Morgan fingerprint density at radius 2 is 1.91 bits per heavy atom. The third-order valence-corrected chi connectivity index (χ3v) is 4.96. The quantitative estimate of drug-likeness (QED) is 0.916. The van der Waals surface area contributed by atoms with Crippen LogP contribution < -0.4 is 5.32 Å². The molecule has 2 aliphatic heterocycles. The first-order chi connectivity index (χ1) is 10.5. The van der Waals surface area contributed by atoms with Gasteiger partial charge in [-0.1, -0.05) is 18.2 Å². The number of nitrogens with one attached hydrogen (secondary N) is 1. The number of hydrogen-bond acceptors (Lipinski definition) is 2. The molecule has 0 amide bonds. The molecule has 5 heteroatoms. The number of likely N-dealkylation sites (tertiary alicyclic amines) is 1. The SMILES string of the molecule is FC(F)(F)c1cccc(CN2CCC(C3CCCN3)CC2)c1. The van der Waals surface area contributed by atoms with E-state index in [1.54, 1.807) is 6.07 Å². The van der Waals surface area contributed by atoms with Gasteiger partial charge in [0.2, 0.25) is 0 Å². The van der Waals surface area contributed by atoms with E-state index in [4.69, 9.17) is 0 Å². The predicted molar refractivity (Wildman–Crippen MR) is 80.5 cm³/mol. The molecular formula is C17H23F3N2. The average molecular weight is 312 g/mol. The standard InChI is InChI=1S/C17H23F3N2/c18-17(19,20)15-4-1-3-13(11-15)12-22-9-6-14(7-10-22)16-5-2-8-21-16/h1,3-4,11,14,16,21H,2,5-10,12H2. The highest BCUT2D eigenvalue weighted by Gasteiger charge is 2.31. The molecule has 2 heterocycles. The van der Waals surface area contributed by atoms with E-state index in [1.165, 1.54) is 25.0 Å².